The van der Waals surface area contributed by atoms with Gasteiger partial charge in [-0.2, -0.15) is 0 Å². The molecule has 3 unspecified atom stereocenters. The first-order valence-electron chi connectivity index (χ1n) is 23.9. The average Bonchev–Trinajstić information content (AvgIpc) is 3.19. The Kier molecular flexibility index (Phi) is 42.2. The summed E-state index contributed by atoms with van der Waals surface area (Å²) in [5.41, 5.74) is 0. The summed E-state index contributed by atoms with van der Waals surface area (Å²) in [7, 11) is 0. The van der Waals surface area contributed by atoms with E-state index in [-0.39, 0.29) is 24.9 Å². The lowest BCUT2D eigenvalue weighted by Crippen LogP contribution is -2.46. The van der Waals surface area contributed by atoms with Crippen LogP contribution in [-0.4, -0.2) is 46.9 Å². The van der Waals surface area contributed by atoms with Gasteiger partial charge in [-0.15, -0.1) is 0 Å². The number of ether oxygens (including phenoxy) is 1. The second-order valence-corrected chi connectivity index (χ2v) is 16.2. The summed E-state index contributed by atoms with van der Waals surface area (Å²) >= 11 is 0. The lowest BCUT2D eigenvalue weighted by molar-refractivity contribution is -0.151. The summed E-state index contributed by atoms with van der Waals surface area (Å²) in [6.07, 6.45) is 51.8. The first kappa shape index (κ1) is 53.8. The highest BCUT2D eigenvalue weighted by Gasteiger charge is 2.24. The Morgan fingerprint density at radius 1 is 0.536 bits per heavy atom. The van der Waals surface area contributed by atoms with Crippen LogP contribution in [0.4, 0.5) is 0 Å². The van der Waals surface area contributed by atoms with E-state index in [0.717, 1.165) is 83.5 Å². The van der Waals surface area contributed by atoms with E-state index in [1.807, 2.05) is 12.2 Å². The van der Waals surface area contributed by atoms with Crippen molar-refractivity contribution in [3.8, 4) is 0 Å². The molecule has 6 nitrogen and oxygen atoms in total. The first-order chi connectivity index (χ1) is 27.5. The van der Waals surface area contributed by atoms with Gasteiger partial charge in [-0.25, -0.2) is 0 Å². The first-order valence-corrected chi connectivity index (χ1v) is 23.9. The van der Waals surface area contributed by atoms with Crippen LogP contribution in [-0.2, 0) is 14.3 Å². The number of esters is 1. The van der Waals surface area contributed by atoms with Crippen molar-refractivity contribution in [1.29, 1.82) is 0 Å². The van der Waals surface area contributed by atoms with Gasteiger partial charge in [0.2, 0.25) is 5.91 Å². The van der Waals surface area contributed by atoms with Crippen molar-refractivity contribution in [2.24, 2.45) is 0 Å². The molecule has 1 amide bonds. The average molecular weight is 786 g/mol. The summed E-state index contributed by atoms with van der Waals surface area (Å²) in [6.45, 7) is 6.27. The Hall–Kier alpha value is -2.18. The van der Waals surface area contributed by atoms with Crippen LogP contribution in [0.3, 0.4) is 0 Å². The highest BCUT2D eigenvalue weighted by atomic mass is 16.5. The summed E-state index contributed by atoms with van der Waals surface area (Å²) in [4.78, 5) is 26.0. The molecule has 0 saturated carbocycles. The minimum absolute atomic E-state index is 0.0511. The monoisotopic (exact) mass is 786 g/mol. The maximum absolute atomic E-state index is 13.1. The molecule has 0 fully saturated rings. The predicted octanol–water partition coefficient (Wildman–Crippen LogP) is 13.9. The smallest absolute Gasteiger partial charge is 0.306 e. The fraction of sp³-hybridized carbons (Fsp3) is 0.800. The van der Waals surface area contributed by atoms with E-state index < -0.39 is 18.2 Å². The topological polar surface area (TPSA) is 95.9 Å². The van der Waals surface area contributed by atoms with Crippen molar-refractivity contribution in [1.82, 2.24) is 5.32 Å². The number of aliphatic hydroxyl groups excluding tert-OH is 2. The highest BCUT2D eigenvalue weighted by molar-refractivity contribution is 5.77. The maximum atomic E-state index is 13.1. The molecule has 3 N–H and O–H groups in total. The van der Waals surface area contributed by atoms with Gasteiger partial charge in [0.15, 0.2) is 0 Å². The lowest BCUT2D eigenvalue weighted by Gasteiger charge is -2.24. The second kappa shape index (κ2) is 43.9. The van der Waals surface area contributed by atoms with Crippen molar-refractivity contribution in [2.45, 2.75) is 251 Å². The molecule has 0 rings (SSSR count). The number of carbonyl (C=O) groups is 2. The number of rotatable bonds is 42. The molecule has 0 aliphatic heterocycles. The van der Waals surface area contributed by atoms with Crippen LogP contribution in [0.5, 0.6) is 0 Å². The summed E-state index contributed by atoms with van der Waals surface area (Å²) in [5, 5.41) is 23.7. The zero-order valence-corrected chi connectivity index (χ0v) is 37.0. The van der Waals surface area contributed by atoms with Crippen LogP contribution in [0.25, 0.3) is 0 Å². The van der Waals surface area contributed by atoms with Gasteiger partial charge < -0.3 is 20.3 Å². The molecule has 0 saturated heterocycles. The third-order valence-corrected chi connectivity index (χ3v) is 10.7. The van der Waals surface area contributed by atoms with Crippen molar-refractivity contribution in [2.75, 3.05) is 6.61 Å². The van der Waals surface area contributed by atoms with E-state index in [4.69, 9.17) is 4.74 Å². The molecule has 0 aliphatic carbocycles. The molecule has 56 heavy (non-hydrogen) atoms. The zero-order chi connectivity index (χ0) is 41.0. The number of amides is 1. The lowest BCUT2D eigenvalue weighted by atomic mass is 10.0. The number of nitrogens with one attached hydrogen (secondary N) is 1. The third-order valence-electron chi connectivity index (χ3n) is 10.7. The van der Waals surface area contributed by atoms with Crippen molar-refractivity contribution in [3.63, 3.8) is 0 Å². The minimum Gasteiger partial charge on any atom is -0.462 e. The van der Waals surface area contributed by atoms with Gasteiger partial charge in [-0.3, -0.25) is 9.59 Å². The molecule has 0 aromatic carbocycles. The van der Waals surface area contributed by atoms with E-state index in [1.165, 1.54) is 103 Å². The largest absolute Gasteiger partial charge is 0.462 e. The minimum atomic E-state index is -0.797. The molecule has 0 aromatic rings. The van der Waals surface area contributed by atoms with E-state index >= 15 is 0 Å². The predicted molar refractivity (Wildman–Crippen MR) is 241 cm³/mol. The molecule has 0 radical (unpaired) electrons. The zero-order valence-electron chi connectivity index (χ0n) is 37.0. The van der Waals surface area contributed by atoms with E-state index in [0.29, 0.717) is 19.3 Å². The quantitative estimate of drug-likeness (QED) is 0.0248. The van der Waals surface area contributed by atoms with Gasteiger partial charge in [0.05, 0.1) is 25.2 Å². The van der Waals surface area contributed by atoms with Gasteiger partial charge in [-0.1, -0.05) is 204 Å². The normalized spacial score (nSPS) is 13.7. The van der Waals surface area contributed by atoms with Crippen LogP contribution < -0.4 is 5.32 Å². The molecule has 0 spiro atoms. The van der Waals surface area contributed by atoms with E-state index in [2.05, 4.69) is 62.5 Å². The Morgan fingerprint density at radius 2 is 1.02 bits per heavy atom. The van der Waals surface area contributed by atoms with Gasteiger partial charge >= 0.3 is 5.97 Å². The standard InChI is InChI=1S/C50H91NO5/c1-4-7-10-13-16-19-22-23-24-25-26-28-30-33-36-39-42-48(53)47(45-52)51-49(54)44-46(41-38-35-32-29-27-20-17-14-11-8-5-2)56-50(55)43-40-37-34-31-21-18-15-12-9-6-3/h8,11-12,14-15,17,20,27,46-48,52-53H,4-7,9-10,13,16,18-19,21-26,28-45H2,1-3H3,(H,51,54)/b11-8+,15-12-,17-14+,27-20-. The highest BCUT2D eigenvalue weighted by Crippen LogP contribution is 2.17. The SMILES string of the molecule is CC/C=C/C=C/C=C\CCCCCC(CC(=O)NC(CO)C(O)CCCCCCCCCCCCCCCCCC)OC(=O)CCCCCCC/C=C\CCC. The molecule has 0 aromatic heterocycles. The summed E-state index contributed by atoms with van der Waals surface area (Å²) in [5.74, 6) is -0.521. The Bertz CT molecular complexity index is 972. The van der Waals surface area contributed by atoms with Crippen LogP contribution in [0, 0.1) is 0 Å². The van der Waals surface area contributed by atoms with Crippen LogP contribution in [0.15, 0.2) is 48.6 Å². The molecule has 0 bridgehead atoms. The van der Waals surface area contributed by atoms with E-state index in [1.54, 1.807) is 0 Å². The molecular weight excluding hydrogens is 695 g/mol. The Morgan fingerprint density at radius 3 is 1.59 bits per heavy atom. The number of unbranched alkanes of at least 4 members (excludes halogenated alkanes) is 24. The number of hydrogen-bond donors (Lipinski definition) is 3. The molecule has 3 atom stereocenters. The molecule has 0 heterocycles. The van der Waals surface area contributed by atoms with Crippen molar-refractivity contribution in [3.05, 3.63) is 48.6 Å². The van der Waals surface area contributed by atoms with Crippen LogP contribution >= 0.6 is 0 Å². The van der Waals surface area contributed by atoms with Crippen LogP contribution in [0.2, 0.25) is 0 Å². The Balaban J connectivity index is 4.52. The van der Waals surface area contributed by atoms with E-state index in [9.17, 15) is 19.8 Å². The number of carbonyl (C=O) groups excluding carboxylic acids is 2. The number of aliphatic hydroxyl groups is 2. The fourth-order valence-corrected chi connectivity index (χ4v) is 7.08. The summed E-state index contributed by atoms with van der Waals surface area (Å²) in [6, 6.07) is -0.712. The summed E-state index contributed by atoms with van der Waals surface area (Å²) < 4.78 is 5.87. The van der Waals surface area contributed by atoms with Gasteiger partial charge in [0, 0.05) is 6.42 Å². The van der Waals surface area contributed by atoms with Crippen molar-refractivity contribution >= 4 is 11.9 Å². The van der Waals surface area contributed by atoms with Gasteiger partial charge in [-0.05, 0) is 64.2 Å². The maximum Gasteiger partial charge on any atom is 0.306 e. The van der Waals surface area contributed by atoms with Crippen molar-refractivity contribution < 1.29 is 24.5 Å². The second-order valence-electron chi connectivity index (χ2n) is 16.2. The fourth-order valence-electron chi connectivity index (χ4n) is 7.08. The third kappa shape index (κ3) is 38.7. The number of allylic oxidation sites excluding steroid dienone is 8. The molecule has 326 valence electrons. The Labute approximate surface area is 346 Å². The number of hydrogen-bond acceptors (Lipinski definition) is 5. The van der Waals surface area contributed by atoms with Gasteiger partial charge in [0.25, 0.3) is 0 Å². The van der Waals surface area contributed by atoms with Crippen LogP contribution in [0.1, 0.15) is 233 Å². The molecular formula is C50H91NO5. The van der Waals surface area contributed by atoms with Gasteiger partial charge in [0.1, 0.15) is 6.10 Å². The molecule has 6 heteroatoms. The molecule has 0 aliphatic rings.